The van der Waals surface area contributed by atoms with Gasteiger partial charge in [0.25, 0.3) is 0 Å². The Kier molecular flexibility index (Phi) is 2.25. The van der Waals surface area contributed by atoms with Gasteiger partial charge in [-0.2, -0.15) is 0 Å². The first-order valence-corrected chi connectivity index (χ1v) is 7.38. The lowest BCUT2D eigenvalue weighted by Crippen LogP contribution is -2.03. The number of hydrogen-bond acceptors (Lipinski definition) is 2. The largest absolute Gasteiger partial charge is 0.453 e. The first kappa shape index (κ1) is 11.6. The van der Waals surface area contributed by atoms with Crippen LogP contribution in [0.5, 0.6) is 11.5 Å². The highest BCUT2D eigenvalue weighted by molar-refractivity contribution is 6.13. The maximum atomic E-state index is 6.04. The molecule has 0 spiro atoms. The van der Waals surface area contributed by atoms with E-state index in [0.717, 1.165) is 22.9 Å². The van der Waals surface area contributed by atoms with Crippen LogP contribution >= 0.6 is 0 Å². The third-order valence-electron chi connectivity index (χ3n) is 4.25. The average molecular weight is 283 g/mol. The van der Waals surface area contributed by atoms with Gasteiger partial charge in [-0.1, -0.05) is 48.5 Å². The molecule has 2 nitrogen and oxygen atoms in total. The van der Waals surface area contributed by atoms with Gasteiger partial charge in [0.2, 0.25) is 0 Å². The minimum absolute atomic E-state index is 0.870. The molecule has 2 heteroatoms. The molecule has 5 rings (SSSR count). The van der Waals surface area contributed by atoms with Crippen LogP contribution in [0.4, 0.5) is 11.4 Å². The van der Waals surface area contributed by atoms with Gasteiger partial charge in [-0.15, -0.1) is 0 Å². The van der Waals surface area contributed by atoms with Crippen LogP contribution < -0.4 is 10.1 Å². The van der Waals surface area contributed by atoms with Gasteiger partial charge in [0.05, 0.1) is 11.4 Å². The van der Waals surface area contributed by atoms with E-state index in [-0.39, 0.29) is 0 Å². The lowest BCUT2D eigenvalue weighted by atomic mass is 10.00. The highest BCUT2D eigenvalue weighted by Gasteiger charge is 2.18. The number of hydrogen-bond donors (Lipinski definition) is 1. The summed E-state index contributed by atoms with van der Waals surface area (Å²) in [6, 6.07) is 25.0. The van der Waals surface area contributed by atoms with Crippen LogP contribution in [0.15, 0.2) is 72.8 Å². The monoisotopic (exact) mass is 283 g/mol. The predicted octanol–water partition coefficient (Wildman–Crippen LogP) is 5.84. The SMILES string of the molecule is c1ccc2c(c1)Nc1c(ccc3c1ccc1ccccc13)O2. The summed E-state index contributed by atoms with van der Waals surface area (Å²) in [7, 11) is 0. The first-order valence-electron chi connectivity index (χ1n) is 7.38. The van der Waals surface area contributed by atoms with Gasteiger partial charge >= 0.3 is 0 Å². The molecule has 0 fully saturated rings. The fourth-order valence-electron chi connectivity index (χ4n) is 3.19. The molecule has 4 aromatic carbocycles. The quantitative estimate of drug-likeness (QED) is 0.360. The average Bonchev–Trinajstić information content (AvgIpc) is 2.59. The highest BCUT2D eigenvalue weighted by atomic mass is 16.5. The lowest BCUT2D eigenvalue weighted by molar-refractivity contribution is 0.482. The third kappa shape index (κ3) is 1.55. The van der Waals surface area contributed by atoms with Crippen LogP contribution in [0.1, 0.15) is 0 Å². The minimum Gasteiger partial charge on any atom is -0.453 e. The zero-order valence-corrected chi connectivity index (χ0v) is 11.8. The fraction of sp³-hybridized carbons (Fsp3) is 0. The maximum Gasteiger partial charge on any atom is 0.151 e. The van der Waals surface area contributed by atoms with Crippen LogP contribution in [0.2, 0.25) is 0 Å². The van der Waals surface area contributed by atoms with Crippen molar-refractivity contribution in [3.63, 3.8) is 0 Å². The molecule has 0 unspecified atom stereocenters. The molecule has 0 saturated heterocycles. The van der Waals surface area contributed by atoms with Gasteiger partial charge in [0.15, 0.2) is 11.5 Å². The second-order valence-electron chi connectivity index (χ2n) is 5.54. The first-order chi connectivity index (χ1) is 10.9. The summed E-state index contributed by atoms with van der Waals surface area (Å²) < 4.78 is 6.04. The van der Waals surface area contributed by atoms with E-state index in [1.165, 1.54) is 21.5 Å². The number of rotatable bonds is 0. The molecule has 4 aromatic rings. The predicted molar refractivity (Wildman–Crippen MR) is 91.3 cm³/mol. The summed E-state index contributed by atoms with van der Waals surface area (Å²) >= 11 is 0. The molecule has 0 radical (unpaired) electrons. The Morgan fingerprint density at radius 2 is 1.41 bits per heavy atom. The van der Waals surface area contributed by atoms with Crippen molar-refractivity contribution in [1.29, 1.82) is 0 Å². The number of fused-ring (bicyclic) bond motifs is 6. The molecule has 1 heterocycles. The van der Waals surface area contributed by atoms with Crippen molar-refractivity contribution in [2.24, 2.45) is 0 Å². The third-order valence-corrected chi connectivity index (χ3v) is 4.25. The Balaban J connectivity index is 1.82. The van der Waals surface area contributed by atoms with E-state index in [4.69, 9.17) is 4.74 Å². The van der Waals surface area contributed by atoms with E-state index >= 15 is 0 Å². The Morgan fingerprint density at radius 3 is 2.41 bits per heavy atom. The standard InChI is InChI=1S/C20H13NO/c1-2-6-14-13(5-1)9-10-16-15(14)11-12-19-20(16)21-17-7-3-4-8-18(17)22-19/h1-12,21H. The molecule has 0 saturated carbocycles. The molecule has 1 aliphatic heterocycles. The molecule has 1 N–H and O–H groups in total. The van der Waals surface area contributed by atoms with Crippen molar-refractivity contribution in [3.8, 4) is 11.5 Å². The summed E-state index contributed by atoms with van der Waals surface area (Å²) in [6.07, 6.45) is 0. The van der Waals surface area contributed by atoms with Crippen molar-refractivity contribution in [3.05, 3.63) is 72.8 Å². The van der Waals surface area contributed by atoms with Crippen LogP contribution in [-0.2, 0) is 0 Å². The van der Waals surface area contributed by atoms with Gasteiger partial charge in [-0.05, 0) is 40.4 Å². The maximum absolute atomic E-state index is 6.04. The Labute approximate surface area is 128 Å². The van der Waals surface area contributed by atoms with E-state index in [2.05, 4.69) is 47.8 Å². The summed E-state index contributed by atoms with van der Waals surface area (Å²) in [5, 5.41) is 8.48. The topological polar surface area (TPSA) is 21.3 Å². The summed E-state index contributed by atoms with van der Waals surface area (Å²) in [4.78, 5) is 0. The summed E-state index contributed by atoms with van der Waals surface area (Å²) in [6.45, 7) is 0. The van der Waals surface area contributed by atoms with Gasteiger partial charge < -0.3 is 10.1 Å². The zero-order valence-electron chi connectivity index (χ0n) is 11.8. The van der Waals surface area contributed by atoms with Crippen LogP contribution in [0.25, 0.3) is 21.5 Å². The van der Waals surface area contributed by atoms with Crippen LogP contribution in [0.3, 0.4) is 0 Å². The Hall–Kier alpha value is -3.00. The van der Waals surface area contributed by atoms with Crippen molar-refractivity contribution in [2.75, 3.05) is 5.32 Å². The molecular formula is C20H13NO. The molecule has 104 valence electrons. The van der Waals surface area contributed by atoms with Crippen molar-refractivity contribution in [2.45, 2.75) is 0 Å². The summed E-state index contributed by atoms with van der Waals surface area (Å²) in [5.41, 5.74) is 2.05. The number of nitrogens with one attached hydrogen (secondary N) is 1. The van der Waals surface area contributed by atoms with E-state index in [1.807, 2.05) is 30.3 Å². The second-order valence-corrected chi connectivity index (χ2v) is 5.54. The number of para-hydroxylation sites is 2. The second kappa shape index (κ2) is 4.25. The minimum atomic E-state index is 0.870. The van der Waals surface area contributed by atoms with E-state index in [1.54, 1.807) is 0 Å². The van der Waals surface area contributed by atoms with E-state index < -0.39 is 0 Å². The van der Waals surface area contributed by atoms with Gasteiger partial charge in [-0.3, -0.25) is 0 Å². The summed E-state index contributed by atoms with van der Waals surface area (Å²) in [5.74, 6) is 1.75. The van der Waals surface area contributed by atoms with Crippen LogP contribution in [-0.4, -0.2) is 0 Å². The van der Waals surface area contributed by atoms with E-state index in [0.29, 0.717) is 0 Å². The lowest BCUT2D eigenvalue weighted by Gasteiger charge is -2.23. The molecule has 0 aromatic heterocycles. The molecule has 22 heavy (non-hydrogen) atoms. The number of benzene rings is 4. The van der Waals surface area contributed by atoms with Crippen molar-refractivity contribution in [1.82, 2.24) is 0 Å². The van der Waals surface area contributed by atoms with Crippen molar-refractivity contribution < 1.29 is 4.74 Å². The van der Waals surface area contributed by atoms with Gasteiger partial charge in [-0.25, -0.2) is 0 Å². The van der Waals surface area contributed by atoms with Crippen molar-refractivity contribution >= 4 is 32.9 Å². The Morgan fingerprint density at radius 1 is 0.591 bits per heavy atom. The van der Waals surface area contributed by atoms with Crippen LogP contribution in [0, 0.1) is 0 Å². The highest BCUT2D eigenvalue weighted by Crippen LogP contribution is 2.46. The number of anilines is 2. The Bertz CT molecular complexity index is 1040. The van der Waals surface area contributed by atoms with Gasteiger partial charge in [0, 0.05) is 5.39 Å². The molecule has 0 bridgehead atoms. The molecule has 0 aliphatic carbocycles. The normalized spacial score (nSPS) is 12.4. The van der Waals surface area contributed by atoms with Gasteiger partial charge in [0.1, 0.15) is 0 Å². The van der Waals surface area contributed by atoms with E-state index in [9.17, 15) is 0 Å². The fourth-order valence-corrected chi connectivity index (χ4v) is 3.19. The molecule has 0 amide bonds. The zero-order chi connectivity index (χ0) is 14.5. The smallest absolute Gasteiger partial charge is 0.151 e. The molecule has 1 aliphatic rings. The molecule has 0 atom stereocenters. The molecular weight excluding hydrogens is 270 g/mol. The number of ether oxygens (including phenoxy) is 1.